The predicted molar refractivity (Wildman–Crippen MR) is 75.5 cm³/mol. The Labute approximate surface area is 119 Å². The van der Waals surface area contributed by atoms with Crippen LogP contribution in [0.1, 0.15) is 17.4 Å². The molecule has 2 aromatic heterocycles. The number of halogens is 1. The zero-order valence-corrected chi connectivity index (χ0v) is 12.4. The average molecular weight is 329 g/mol. The van der Waals surface area contributed by atoms with Gasteiger partial charge in [0.15, 0.2) is 0 Å². The Morgan fingerprint density at radius 2 is 2.26 bits per heavy atom. The summed E-state index contributed by atoms with van der Waals surface area (Å²) in [6.07, 6.45) is 2.33. The van der Waals surface area contributed by atoms with Crippen LogP contribution < -0.4 is 5.73 Å². The maximum atomic E-state index is 10.4. The van der Waals surface area contributed by atoms with E-state index in [9.17, 15) is 5.11 Å². The first kappa shape index (κ1) is 14.0. The number of H-pyrrole nitrogens is 1. The minimum Gasteiger partial charge on any atom is -0.384 e. The molecule has 0 aliphatic rings. The van der Waals surface area contributed by atoms with Crippen LogP contribution in [-0.4, -0.2) is 50.6 Å². The molecule has 7 nitrogen and oxygen atoms in total. The van der Waals surface area contributed by atoms with Crippen molar-refractivity contribution in [2.24, 2.45) is 0 Å². The fourth-order valence-corrected chi connectivity index (χ4v) is 2.30. The highest BCUT2D eigenvalue weighted by Crippen LogP contribution is 2.30. The summed E-state index contributed by atoms with van der Waals surface area (Å²) in [5, 5.41) is 21.1. The van der Waals surface area contributed by atoms with Crippen LogP contribution in [-0.2, 0) is 6.54 Å². The first-order valence-electron chi connectivity index (χ1n) is 5.83. The molecule has 0 aliphatic carbocycles. The van der Waals surface area contributed by atoms with Gasteiger partial charge in [-0.05, 0) is 30.0 Å². The van der Waals surface area contributed by atoms with Crippen molar-refractivity contribution in [1.82, 2.24) is 24.9 Å². The molecule has 0 fully saturated rings. The van der Waals surface area contributed by atoms with E-state index >= 15 is 0 Å². The Kier molecular flexibility index (Phi) is 4.23. The van der Waals surface area contributed by atoms with Crippen LogP contribution in [0.15, 0.2) is 16.9 Å². The minimum absolute atomic E-state index is 0.361. The van der Waals surface area contributed by atoms with Crippen LogP contribution in [0, 0.1) is 0 Å². The van der Waals surface area contributed by atoms with Gasteiger partial charge in [0.2, 0.25) is 0 Å². The largest absolute Gasteiger partial charge is 0.384 e. The number of aromatic nitrogens is 4. The third-order valence-electron chi connectivity index (χ3n) is 2.85. The second kappa shape index (κ2) is 5.72. The van der Waals surface area contributed by atoms with Crippen molar-refractivity contribution in [2.45, 2.75) is 12.6 Å². The van der Waals surface area contributed by atoms with Gasteiger partial charge >= 0.3 is 0 Å². The Hall–Kier alpha value is -1.38. The summed E-state index contributed by atoms with van der Waals surface area (Å²) in [4.78, 5) is 2.05. The van der Waals surface area contributed by atoms with Gasteiger partial charge in [-0.1, -0.05) is 0 Å². The topological polar surface area (TPSA) is 96.0 Å². The second-order valence-corrected chi connectivity index (χ2v) is 5.40. The van der Waals surface area contributed by atoms with E-state index in [0.717, 1.165) is 11.0 Å². The van der Waals surface area contributed by atoms with Gasteiger partial charge in [0.05, 0.1) is 29.1 Å². The molecule has 0 saturated carbocycles. The Balaban J connectivity index is 2.28. The highest BCUT2D eigenvalue weighted by atomic mass is 79.9. The molecular formula is C11H17BrN6O. The predicted octanol–water partition coefficient (Wildman–Crippen LogP) is 0.594. The number of nitrogens with zero attached hydrogens (tertiary/aromatic N) is 4. The summed E-state index contributed by atoms with van der Waals surface area (Å²) in [5.41, 5.74) is 6.96. The number of likely N-dealkylation sites (N-methyl/N-ethyl adjacent to an activating group) is 1. The molecule has 2 rings (SSSR count). The van der Waals surface area contributed by atoms with Crippen LogP contribution in [0.5, 0.6) is 0 Å². The summed E-state index contributed by atoms with van der Waals surface area (Å²) in [6, 6.07) is 0. The normalized spacial score (nSPS) is 13.1. The highest BCUT2D eigenvalue weighted by Gasteiger charge is 2.22. The SMILES string of the molecule is CN(C)CCn1ncc(Br)c1C(O)c1cn[nH]c1N. The molecule has 104 valence electrons. The molecule has 2 heterocycles. The lowest BCUT2D eigenvalue weighted by atomic mass is 10.1. The van der Waals surface area contributed by atoms with Crippen molar-refractivity contribution in [3.63, 3.8) is 0 Å². The highest BCUT2D eigenvalue weighted by molar-refractivity contribution is 9.10. The van der Waals surface area contributed by atoms with E-state index in [2.05, 4.69) is 36.1 Å². The van der Waals surface area contributed by atoms with Crippen molar-refractivity contribution in [3.8, 4) is 0 Å². The van der Waals surface area contributed by atoms with Gasteiger partial charge in [-0.3, -0.25) is 9.78 Å². The molecule has 0 aliphatic heterocycles. The van der Waals surface area contributed by atoms with Gasteiger partial charge in [-0.15, -0.1) is 0 Å². The van der Waals surface area contributed by atoms with Gasteiger partial charge in [-0.25, -0.2) is 0 Å². The minimum atomic E-state index is -0.863. The molecule has 1 atom stereocenters. The van der Waals surface area contributed by atoms with Gasteiger partial charge < -0.3 is 15.7 Å². The van der Waals surface area contributed by atoms with Crippen LogP contribution in [0.3, 0.4) is 0 Å². The van der Waals surface area contributed by atoms with E-state index < -0.39 is 6.10 Å². The zero-order valence-electron chi connectivity index (χ0n) is 10.8. The van der Waals surface area contributed by atoms with E-state index in [1.165, 1.54) is 6.20 Å². The lowest BCUT2D eigenvalue weighted by molar-refractivity contribution is 0.205. The maximum Gasteiger partial charge on any atom is 0.127 e. The molecule has 0 amide bonds. The summed E-state index contributed by atoms with van der Waals surface area (Å²) in [7, 11) is 3.98. The number of nitrogens with one attached hydrogen (secondary N) is 1. The standard InChI is InChI=1S/C11H17BrN6O/c1-17(2)3-4-18-9(8(12)6-15-18)10(19)7-5-14-16-11(7)13/h5-6,10,19H,3-4H2,1-2H3,(H3,13,14,16). The number of nitrogen functional groups attached to an aromatic ring is 1. The number of aliphatic hydroxyl groups excluding tert-OH is 1. The maximum absolute atomic E-state index is 10.4. The Morgan fingerprint density at radius 1 is 1.53 bits per heavy atom. The number of rotatable bonds is 5. The van der Waals surface area contributed by atoms with E-state index in [1.54, 1.807) is 10.9 Å². The number of anilines is 1. The van der Waals surface area contributed by atoms with Crippen LogP contribution in [0.4, 0.5) is 5.82 Å². The van der Waals surface area contributed by atoms with E-state index in [-0.39, 0.29) is 0 Å². The summed E-state index contributed by atoms with van der Waals surface area (Å²) in [6.45, 7) is 1.51. The molecular weight excluding hydrogens is 312 g/mol. The van der Waals surface area contributed by atoms with Crippen molar-refractivity contribution in [3.05, 3.63) is 28.1 Å². The molecule has 19 heavy (non-hydrogen) atoms. The molecule has 2 aromatic rings. The molecule has 0 radical (unpaired) electrons. The number of hydrogen-bond donors (Lipinski definition) is 3. The monoisotopic (exact) mass is 328 g/mol. The first-order valence-corrected chi connectivity index (χ1v) is 6.62. The molecule has 1 unspecified atom stereocenters. The van der Waals surface area contributed by atoms with Crippen molar-refractivity contribution in [1.29, 1.82) is 0 Å². The molecule has 0 spiro atoms. The van der Waals surface area contributed by atoms with Crippen LogP contribution in [0.2, 0.25) is 0 Å². The number of aliphatic hydroxyl groups is 1. The van der Waals surface area contributed by atoms with Gasteiger partial charge in [0.1, 0.15) is 11.9 Å². The molecule has 0 saturated heterocycles. The zero-order chi connectivity index (χ0) is 14.0. The Bertz CT molecular complexity index is 549. The van der Waals surface area contributed by atoms with Gasteiger partial charge in [0.25, 0.3) is 0 Å². The number of aromatic amines is 1. The Morgan fingerprint density at radius 3 is 2.84 bits per heavy atom. The van der Waals surface area contributed by atoms with Crippen LogP contribution in [0.25, 0.3) is 0 Å². The summed E-state index contributed by atoms with van der Waals surface area (Å²) < 4.78 is 2.51. The number of hydrogen-bond acceptors (Lipinski definition) is 5. The van der Waals surface area contributed by atoms with E-state index in [0.29, 0.717) is 23.6 Å². The molecule has 8 heteroatoms. The quantitative estimate of drug-likeness (QED) is 0.746. The lowest BCUT2D eigenvalue weighted by Crippen LogP contribution is -2.21. The van der Waals surface area contributed by atoms with Crippen molar-refractivity contribution in [2.75, 3.05) is 26.4 Å². The fourth-order valence-electron chi connectivity index (χ4n) is 1.79. The third kappa shape index (κ3) is 2.96. The van der Waals surface area contributed by atoms with Crippen LogP contribution >= 0.6 is 15.9 Å². The average Bonchev–Trinajstić information content (AvgIpc) is 2.92. The fraction of sp³-hybridized carbons (Fsp3) is 0.455. The van der Waals surface area contributed by atoms with Crippen molar-refractivity contribution >= 4 is 21.7 Å². The summed E-state index contributed by atoms with van der Waals surface area (Å²) in [5.74, 6) is 0.361. The first-order chi connectivity index (χ1) is 9.00. The van der Waals surface area contributed by atoms with Gasteiger partial charge in [-0.2, -0.15) is 10.2 Å². The number of nitrogens with two attached hydrogens (primary N) is 1. The summed E-state index contributed by atoms with van der Waals surface area (Å²) >= 11 is 3.41. The van der Waals surface area contributed by atoms with E-state index in [4.69, 9.17) is 5.73 Å². The van der Waals surface area contributed by atoms with E-state index in [1.807, 2.05) is 14.1 Å². The third-order valence-corrected chi connectivity index (χ3v) is 3.46. The molecule has 0 bridgehead atoms. The van der Waals surface area contributed by atoms with Crippen molar-refractivity contribution < 1.29 is 5.11 Å². The van der Waals surface area contributed by atoms with Gasteiger partial charge in [0, 0.05) is 12.1 Å². The molecule has 4 N–H and O–H groups in total. The second-order valence-electron chi connectivity index (χ2n) is 4.55. The smallest absolute Gasteiger partial charge is 0.127 e. The molecule has 0 aromatic carbocycles. The lowest BCUT2D eigenvalue weighted by Gasteiger charge is -2.15.